The van der Waals surface area contributed by atoms with Crippen molar-refractivity contribution < 1.29 is 4.74 Å². The van der Waals surface area contributed by atoms with Gasteiger partial charge < -0.3 is 19.5 Å². The van der Waals surface area contributed by atoms with E-state index >= 15 is 0 Å². The lowest BCUT2D eigenvalue weighted by molar-refractivity contribution is 0.280. The highest BCUT2D eigenvalue weighted by molar-refractivity contribution is 7.80. The maximum absolute atomic E-state index is 5.75. The Morgan fingerprint density at radius 2 is 1.90 bits per heavy atom. The van der Waals surface area contributed by atoms with Gasteiger partial charge in [-0.25, -0.2) is 0 Å². The first-order valence-corrected chi connectivity index (χ1v) is 10.3. The number of ether oxygens (including phenoxy) is 1. The molecule has 3 heterocycles. The Labute approximate surface area is 177 Å². The number of aromatic nitrogens is 2. The first kappa shape index (κ1) is 19.5. The fourth-order valence-corrected chi connectivity index (χ4v) is 4.32. The Hall–Kier alpha value is -2.86. The molecule has 6 heteroatoms. The third-order valence-electron chi connectivity index (χ3n) is 5.19. The molecule has 1 fully saturated rings. The number of thiocarbonyl (C=S) groups is 1. The zero-order valence-corrected chi connectivity index (χ0v) is 17.8. The predicted octanol–water partition coefficient (Wildman–Crippen LogP) is 4.51. The van der Waals surface area contributed by atoms with Gasteiger partial charge in [-0.1, -0.05) is 32.0 Å². The molecule has 1 aliphatic heterocycles. The summed E-state index contributed by atoms with van der Waals surface area (Å²) in [6, 6.07) is 18.3. The van der Waals surface area contributed by atoms with E-state index in [4.69, 9.17) is 17.0 Å². The SMILES string of the molecule is COc1ccccc1-n1cccc1[C@H]1[C@@H](c2ccccn2)NC(=S)N1CC(C)C. The summed E-state index contributed by atoms with van der Waals surface area (Å²) in [5, 5.41) is 4.29. The molecular weight excluding hydrogens is 380 g/mol. The van der Waals surface area contributed by atoms with Crippen LogP contribution in [0.1, 0.15) is 37.3 Å². The molecule has 150 valence electrons. The second-order valence-electron chi connectivity index (χ2n) is 7.65. The second-order valence-corrected chi connectivity index (χ2v) is 8.03. The molecule has 1 aromatic carbocycles. The Bertz CT molecular complexity index is 985. The number of benzene rings is 1. The van der Waals surface area contributed by atoms with E-state index in [0.717, 1.165) is 34.5 Å². The summed E-state index contributed by atoms with van der Waals surface area (Å²) >= 11 is 5.75. The molecule has 4 rings (SSSR count). The minimum atomic E-state index is -0.0224. The minimum absolute atomic E-state index is 0.0224. The van der Waals surface area contributed by atoms with Crippen LogP contribution in [0, 0.1) is 5.92 Å². The monoisotopic (exact) mass is 406 g/mol. The zero-order valence-electron chi connectivity index (χ0n) is 16.9. The lowest BCUT2D eigenvalue weighted by Crippen LogP contribution is -2.33. The van der Waals surface area contributed by atoms with Crippen molar-refractivity contribution >= 4 is 17.3 Å². The van der Waals surface area contributed by atoms with Crippen LogP contribution in [0.2, 0.25) is 0 Å². The van der Waals surface area contributed by atoms with E-state index in [1.165, 1.54) is 0 Å². The Balaban J connectivity index is 1.83. The molecule has 0 radical (unpaired) electrons. The Morgan fingerprint density at radius 1 is 1.10 bits per heavy atom. The van der Waals surface area contributed by atoms with Crippen molar-refractivity contribution in [3.63, 3.8) is 0 Å². The van der Waals surface area contributed by atoms with Crippen molar-refractivity contribution in [1.29, 1.82) is 0 Å². The highest BCUT2D eigenvalue weighted by Gasteiger charge is 2.41. The molecule has 29 heavy (non-hydrogen) atoms. The van der Waals surface area contributed by atoms with Crippen LogP contribution in [0.4, 0.5) is 0 Å². The van der Waals surface area contributed by atoms with Crippen LogP contribution in [-0.2, 0) is 0 Å². The van der Waals surface area contributed by atoms with Gasteiger partial charge in [-0.3, -0.25) is 4.98 Å². The van der Waals surface area contributed by atoms with Crippen LogP contribution in [-0.4, -0.2) is 33.2 Å². The molecule has 0 bridgehead atoms. The topological polar surface area (TPSA) is 42.3 Å². The molecule has 0 spiro atoms. The maximum atomic E-state index is 5.75. The normalized spacial score (nSPS) is 18.9. The molecular formula is C23H26N4OS. The average molecular weight is 407 g/mol. The summed E-state index contributed by atoms with van der Waals surface area (Å²) in [5.41, 5.74) is 3.15. The van der Waals surface area contributed by atoms with Crippen molar-refractivity contribution in [3.8, 4) is 11.4 Å². The molecule has 2 aromatic heterocycles. The van der Waals surface area contributed by atoms with Gasteiger partial charge in [-0.15, -0.1) is 0 Å². The van der Waals surface area contributed by atoms with Gasteiger partial charge in [0.1, 0.15) is 5.75 Å². The van der Waals surface area contributed by atoms with E-state index in [2.05, 4.69) is 64.1 Å². The van der Waals surface area contributed by atoms with Crippen molar-refractivity contribution in [2.75, 3.05) is 13.7 Å². The lowest BCUT2D eigenvalue weighted by Gasteiger charge is -2.30. The molecule has 3 aromatic rings. The summed E-state index contributed by atoms with van der Waals surface area (Å²) in [5.74, 6) is 1.32. The van der Waals surface area contributed by atoms with Crippen LogP contribution < -0.4 is 10.1 Å². The molecule has 2 atom stereocenters. The van der Waals surface area contributed by atoms with Gasteiger partial charge in [-0.05, 0) is 54.5 Å². The number of methoxy groups -OCH3 is 1. The summed E-state index contributed by atoms with van der Waals surface area (Å²) in [4.78, 5) is 6.91. The van der Waals surface area contributed by atoms with E-state index in [0.29, 0.717) is 5.92 Å². The fourth-order valence-electron chi connectivity index (χ4n) is 4.00. The smallest absolute Gasteiger partial charge is 0.170 e. The summed E-state index contributed by atoms with van der Waals surface area (Å²) in [7, 11) is 1.70. The summed E-state index contributed by atoms with van der Waals surface area (Å²) in [6.45, 7) is 5.30. The van der Waals surface area contributed by atoms with Gasteiger partial charge in [0.05, 0.1) is 30.6 Å². The van der Waals surface area contributed by atoms with Crippen LogP contribution in [0.25, 0.3) is 5.69 Å². The number of nitrogens with one attached hydrogen (secondary N) is 1. The minimum Gasteiger partial charge on any atom is -0.495 e. The number of para-hydroxylation sites is 2. The summed E-state index contributed by atoms with van der Waals surface area (Å²) in [6.07, 6.45) is 3.92. The lowest BCUT2D eigenvalue weighted by atomic mass is 10.0. The van der Waals surface area contributed by atoms with Gasteiger partial charge in [0.15, 0.2) is 5.11 Å². The first-order valence-electron chi connectivity index (χ1n) is 9.89. The number of rotatable bonds is 6. The van der Waals surface area contributed by atoms with E-state index < -0.39 is 0 Å². The summed E-state index contributed by atoms with van der Waals surface area (Å²) < 4.78 is 7.82. The molecule has 5 nitrogen and oxygen atoms in total. The van der Waals surface area contributed by atoms with Crippen LogP contribution >= 0.6 is 12.2 Å². The highest BCUT2D eigenvalue weighted by atomic mass is 32.1. The molecule has 0 amide bonds. The number of hydrogen-bond donors (Lipinski definition) is 1. The largest absolute Gasteiger partial charge is 0.495 e. The van der Waals surface area contributed by atoms with E-state index in [1.807, 2.05) is 36.5 Å². The first-order chi connectivity index (χ1) is 14.1. The van der Waals surface area contributed by atoms with Gasteiger partial charge in [0.25, 0.3) is 0 Å². The maximum Gasteiger partial charge on any atom is 0.170 e. The van der Waals surface area contributed by atoms with Gasteiger partial charge in [-0.2, -0.15) is 0 Å². The second kappa shape index (κ2) is 8.25. The predicted molar refractivity (Wildman–Crippen MR) is 119 cm³/mol. The van der Waals surface area contributed by atoms with Gasteiger partial charge in [0, 0.05) is 24.6 Å². The molecule has 1 saturated heterocycles. The van der Waals surface area contributed by atoms with Crippen LogP contribution in [0.15, 0.2) is 67.0 Å². The third kappa shape index (κ3) is 3.72. The van der Waals surface area contributed by atoms with Gasteiger partial charge >= 0.3 is 0 Å². The van der Waals surface area contributed by atoms with Crippen LogP contribution in [0.3, 0.4) is 0 Å². The Kier molecular flexibility index (Phi) is 5.53. The number of nitrogens with zero attached hydrogens (tertiary/aromatic N) is 3. The van der Waals surface area contributed by atoms with E-state index in [1.54, 1.807) is 7.11 Å². The van der Waals surface area contributed by atoms with E-state index in [9.17, 15) is 0 Å². The average Bonchev–Trinajstić information content (AvgIpc) is 3.33. The zero-order chi connectivity index (χ0) is 20.4. The van der Waals surface area contributed by atoms with Crippen LogP contribution in [0.5, 0.6) is 5.75 Å². The standard InChI is InChI=1S/C23H26N4OS/c1-16(2)15-27-22(21(25-23(27)29)17-9-6-7-13-24-17)19-11-8-14-26(19)18-10-4-5-12-20(18)28-3/h4-14,16,21-22H,15H2,1-3H3,(H,25,29)/t21-,22+/m1/s1. The molecule has 0 saturated carbocycles. The number of pyridine rings is 1. The van der Waals surface area contributed by atoms with Crippen molar-refractivity contribution in [1.82, 2.24) is 19.8 Å². The molecule has 0 unspecified atom stereocenters. The van der Waals surface area contributed by atoms with Crippen molar-refractivity contribution in [3.05, 3.63) is 78.4 Å². The molecule has 1 aliphatic rings. The fraction of sp³-hybridized carbons (Fsp3) is 0.304. The quantitative estimate of drug-likeness (QED) is 0.610. The molecule has 1 N–H and O–H groups in total. The molecule has 0 aliphatic carbocycles. The van der Waals surface area contributed by atoms with Crippen molar-refractivity contribution in [2.24, 2.45) is 5.92 Å². The Morgan fingerprint density at radius 3 is 2.62 bits per heavy atom. The van der Waals surface area contributed by atoms with E-state index in [-0.39, 0.29) is 12.1 Å². The van der Waals surface area contributed by atoms with Gasteiger partial charge in [0.2, 0.25) is 0 Å². The highest BCUT2D eigenvalue weighted by Crippen LogP contribution is 2.40. The number of hydrogen-bond acceptors (Lipinski definition) is 3. The third-order valence-corrected chi connectivity index (χ3v) is 5.54. The van der Waals surface area contributed by atoms with Crippen molar-refractivity contribution in [2.45, 2.75) is 25.9 Å².